The number of hydrogen-bond donors (Lipinski definition) is 2. The van der Waals surface area contributed by atoms with Crippen molar-refractivity contribution in [2.75, 3.05) is 7.11 Å². The van der Waals surface area contributed by atoms with Crippen LogP contribution in [0.25, 0.3) is 10.9 Å². The highest BCUT2D eigenvalue weighted by Crippen LogP contribution is 2.25. The molecule has 2 aromatic rings. The van der Waals surface area contributed by atoms with E-state index >= 15 is 0 Å². The summed E-state index contributed by atoms with van der Waals surface area (Å²) in [6.07, 6.45) is 0. The number of fused-ring (bicyclic) bond motifs is 1. The lowest BCUT2D eigenvalue weighted by atomic mass is 10.1. The van der Waals surface area contributed by atoms with E-state index in [0.29, 0.717) is 5.69 Å². The van der Waals surface area contributed by atoms with Gasteiger partial charge in [-0.1, -0.05) is 0 Å². The van der Waals surface area contributed by atoms with E-state index < -0.39 is 0 Å². The zero-order chi connectivity index (χ0) is 13.3. The Kier molecular flexibility index (Phi) is 3.28. The highest BCUT2D eigenvalue weighted by atomic mass is 16.5. The summed E-state index contributed by atoms with van der Waals surface area (Å²) in [5.74, 6) is 0.720. The van der Waals surface area contributed by atoms with Crippen molar-refractivity contribution in [3.8, 4) is 5.75 Å². The number of aromatic amines is 1. The molecule has 0 unspecified atom stereocenters. The molecule has 0 aliphatic carbocycles. The number of rotatable bonds is 3. The van der Waals surface area contributed by atoms with Crippen LogP contribution in [0.3, 0.4) is 0 Å². The van der Waals surface area contributed by atoms with E-state index in [0.717, 1.165) is 22.2 Å². The van der Waals surface area contributed by atoms with Crippen LogP contribution < -0.4 is 10.1 Å². The normalized spacial score (nSPS) is 10.9. The average Bonchev–Trinajstić information content (AvgIpc) is 2.65. The van der Waals surface area contributed by atoms with Crippen molar-refractivity contribution in [1.82, 2.24) is 10.3 Å². The quantitative estimate of drug-likeness (QED) is 0.874. The molecule has 1 aromatic heterocycles. The highest BCUT2D eigenvalue weighted by Gasteiger charge is 2.15. The van der Waals surface area contributed by atoms with E-state index in [-0.39, 0.29) is 11.9 Å². The van der Waals surface area contributed by atoms with E-state index in [4.69, 9.17) is 4.74 Å². The molecule has 0 spiro atoms. The van der Waals surface area contributed by atoms with Gasteiger partial charge in [-0.2, -0.15) is 0 Å². The van der Waals surface area contributed by atoms with Gasteiger partial charge in [-0.15, -0.1) is 0 Å². The molecule has 2 N–H and O–H groups in total. The van der Waals surface area contributed by atoms with E-state index in [1.807, 2.05) is 39.0 Å². The number of aromatic nitrogens is 1. The molecular weight excluding hydrogens is 228 g/mol. The van der Waals surface area contributed by atoms with Crippen LogP contribution in [0.4, 0.5) is 0 Å². The molecule has 1 aromatic carbocycles. The molecule has 4 heteroatoms. The largest absolute Gasteiger partial charge is 0.497 e. The molecule has 1 heterocycles. The van der Waals surface area contributed by atoms with Crippen molar-refractivity contribution in [2.24, 2.45) is 0 Å². The molecule has 0 fully saturated rings. The highest BCUT2D eigenvalue weighted by molar-refractivity contribution is 6.01. The van der Waals surface area contributed by atoms with Gasteiger partial charge in [0.25, 0.3) is 5.91 Å². The second-order valence-corrected chi connectivity index (χ2v) is 4.66. The monoisotopic (exact) mass is 246 g/mol. The molecule has 0 radical (unpaired) electrons. The summed E-state index contributed by atoms with van der Waals surface area (Å²) in [4.78, 5) is 15.2. The lowest BCUT2D eigenvalue weighted by molar-refractivity contribution is 0.0938. The summed E-state index contributed by atoms with van der Waals surface area (Å²) in [7, 11) is 1.63. The molecular formula is C14H18N2O2. The smallest absolute Gasteiger partial charge is 0.268 e. The molecule has 1 amide bonds. The van der Waals surface area contributed by atoms with Crippen molar-refractivity contribution in [2.45, 2.75) is 26.8 Å². The van der Waals surface area contributed by atoms with Crippen LogP contribution in [0.5, 0.6) is 5.75 Å². The van der Waals surface area contributed by atoms with Gasteiger partial charge in [-0.05, 0) is 44.5 Å². The molecule has 0 aliphatic rings. The first-order valence-corrected chi connectivity index (χ1v) is 6.00. The maximum Gasteiger partial charge on any atom is 0.268 e. The molecule has 0 saturated heterocycles. The van der Waals surface area contributed by atoms with Gasteiger partial charge in [0.2, 0.25) is 0 Å². The van der Waals surface area contributed by atoms with Crippen LogP contribution in [-0.2, 0) is 0 Å². The third-order valence-electron chi connectivity index (χ3n) is 2.91. The standard InChI is InChI=1S/C14H18N2O2/c1-8(2)15-14(17)13-9(3)11-7-10(18-4)5-6-12(11)16-13/h5-8,16H,1-4H3,(H,15,17). The fourth-order valence-corrected chi connectivity index (χ4v) is 1.99. The van der Waals surface area contributed by atoms with Crippen LogP contribution in [0.1, 0.15) is 29.9 Å². The first-order valence-electron chi connectivity index (χ1n) is 6.00. The third kappa shape index (κ3) is 2.18. The zero-order valence-corrected chi connectivity index (χ0v) is 11.1. The van der Waals surface area contributed by atoms with Gasteiger partial charge in [0.05, 0.1) is 7.11 Å². The Labute approximate surface area is 106 Å². The van der Waals surface area contributed by atoms with E-state index in [1.54, 1.807) is 7.11 Å². The number of aryl methyl sites for hydroxylation is 1. The van der Waals surface area contributed by atoms with Gasteiger partial charge in [-0.3, -0.25) is 4.79 Å². The average molecular weight is 246 g/mol. The number of nitrogens with one attached hydrogen (secondary N) is 2. The lowest BCUT2D eigenvalue weighted by Gasteiger charge is -2.07. The van der Waals surface area contributed by atoms with E-state index in [1.165, 1.54) is 0 Å². The van der Waals surface area contributed by atoms with Crippen LogP contribution in [0.15, 0.2) is 18.2 Å². The maximum atomic E-state index is 12.0. The fourth-order valence-electron chi connectivity index (χ4n) is 1.99. The number of amides is 1. The number of carbonyl (C=O) groups is 1. The van der Waals surface area contributed by atoms with Crippen LogP contribution in [-0.4, -0.2) is 24.0 Å². The summed E-state index contributed by atoms with van der Waals surface area (Å²) in [6, 6.07) is 5.86. The second-order valence-electron chi connectivity index (χ2n) is 4.66. The molecule has 2 rings (SSSR count). The number of H-pyrrole nitrogens is 1. The summed E-state index contributed by atoms with van der Waals surface area (Å²) in [6.45, 7) is 5.82. The topological polar surface area (TPSA) is 54.1 Å². The fraction of sp³-hybridized carbons (Fsp3) is 0.357. The summed E-state index contributed by atoms with van der Waals surface area (Å²) >= 11 is 0. The minimum absolute atomic E-state index is 0.0716. The van der Waals surface area contributed by atoms with Crippen molar-refractivity contribution < 1.29 is 9.53 Å². The Morgan fingerprint density at radius 2 is 2.11 bits per heavy atom. The molecule has 0 bridgehead atoms. The summed E-state index contributed by atoms with van der Waals surface area (Å²) in [5.41, 5.74) is 2.51. The summed E-state index contributed by atoms with van der Waals surface area (Å²) in [5, 5.41) is 3.90. The van der Waals surface area contributed by atoms with Crippen LogP contribution in [0, 0.1) is 6.92 Å². The lowest BCUT2D eigenvalue weighted by Crippen LogP contribution is -2.30. The first-order chi connectivity index (χ1) is 8.52. The molecule has 0 aliphatic heterocycles. The Hall–Kier alpha value is -1.97. The predicted molar refractivity (Wildman–Crippen MR) is 72.2 cm³/mol. The number of carbonyl (C=O) groups excluding carboxylic acids is 1. The maximum absolute atomic E-state index is 12.0. The van der Waals surface area contributed by atoms with Gasteiger partial charge in [-0.25, -0.2) is 0 Å². The molecule has 0 atom stereocenters. The Bertz CT molecular complexity index is 585. The van der Waals surface area contributed by atoms with E-state index in [9.17, 15) is 4.79 Å². The van der Waals surface area contributed by atoms with Crippen molar-refractivity contribution in [1.29, 1.82) is 0 Å². The molecule has 0 saturated carbocycles. The van der Waals surface area contributed by atoms with Crippen molar-refractivity contribution in [3.05, 3.63) is 29.5 Å². The molecule has 96 valence electrons. The Morgan fingerprint density at radius 1 is 1.39 bits per heavy atom. The van der Waals surface area contributed by atoms with Gasteiger partial charge in [0.15, 0.2) is 0 Å². The van der Waals surface area contributed by atoms with Gasteiger partial charge < -0.3 is 15.0 Å². The number of methoxy groups -OCH3 is 1. The minimum atomic E-state index is -0.0716. The number of ether oxygens (including phenoxy) is 1. The third-order valence-corrected chi connectivity index (χ3v) is 2.91. The van der Waals surface area contributed by atoms with Gasteiger partial charge >= 0.3 is 0 Å². The zero-order valence-electron chi connectivity index (χ0n) is 11.1. The van der Waals surface area contributed by atoms with Crippen LogP contribution >= 0.6 is 0 Å². The Morgan fingerprint density at radius 3 is 2.72 bits per heavy atom. The van der Waals surface area contributed by atoms with Crippen molar-refractivity contribution >= 4 is 16.8 Å². The van der Waals surface area contributed by atoms with Crippen molar-refractivity contribution in [3.63, 3.8) is 0 Å². The van der Waals surface area contributed by atoms with E-state index in [2.05, 4.69) is 10.3 Å². The second kappa shape index (κ2) is 4.72. The number of hydrogen-bond acceptors (Lipinski definition) is 2. The number of benzene rings is 1. The summed E-state index contributed by atoms with van der Waals surface area (Å²) < 4.78 is 5.20. The van der Waals surface area contributed by atoms with Crippen LogP contribution in [0.2, 0.25) is 0 Å². The molecule has 18 heavy (non-hydrogen) atoms. The SMILES string of the molecule is COc1ccc2[nH]c(C(=O)NC(C)C)c(C)c2c1. The van der Waals surface area contributed by atoms with Gasteiger partial charge in [0, 0.05) is 16.9 Å². The minimum Gasteiger partial charge on any atom is -0.497 e. The predicted octanol–water partition coefficient (Wildman–Crippen LogP) is 2.62. The first kappa shape index (κ1) is 12.5. The Balaban J connectivity index is 2.47. The molecule has 4 nitrogen and oxygen atoms in total. The van der Waals surface area contributed by atoms with Gasteiger partial charge in [0.1, 0.15) is 11.4 Å².